The van der Waals surface area contributed by atoms with Crippen molar-refractivity contribution in [2.75, 3.05) is 0 Å². The van der Waals surface area contributed by atoms with Gasteiger partial charge in [-0.05, 0) is 24.0 Å². The molecule has 0 unspecified atom stereocenters. The zero-order valence-electron chi connectivity index (χ0n) is 9.68. The highest BCUT2D eigenvalue weighted by Crippen LogP contribution is 2.21. The van der Waals surface area contributed by atoms with Crippen molar-refractivity contribution in [3.63, 3.8) is 0 Å². The molecule has 0 aliphatic rings. The first kappa shape index (κ1) is 13.2. The molecule has 0 saturated carbocycles. The lowest BCUT2D eigenvalue weighted by Crippen LogP contribution is -2.08. The zero-order chi connectivity index (χ0) is 12.2. The Morgan fingerprint density at radius 2 is 1.75 bits per heavy atom. The van der Waals surface area contributed by atoms with Crippen molar-refractivity contribution in [2.24, 2.45) is 5.92 Å². The molecule has 1 N–H and O–H groups in total. The van der Waals surface area contributed by atoms with Crippen LogP contribution in [0.1, 0.15) is 32.3 Å². The third-order valence-corrected chi connectivity index (χ3v) is 3.87. The van der Waals surface area contributed by atoms with Crippen molar-refractivity contribution in [1.29, 1.82) is 0 Å². The summed E-state index contributed by atoms with van der Waals surface area (Å²) in [7, 11) is -4.10. The van der Waals surface area contributed by atoms with Crippen LogP contribution in [0, 0.1) is 5.92 Å². The summed E-state index contributed by atoms with van der Waals surface area (Å²) in [5.41, 5.74) is 0.707. The first-order valence-electron chi connectivity index (χ1n) is 5.54. The predicted molar refractivity (Wildman–Crippen MR) is 64.0 cm³/mol. The van der Waals surface area contributed by atoms with E-state index < -0.39 is 10.1 Å². The fourth-order valence-corrected chi connectivity index (χ4v) is 2.55. The summed E-state index contributed by atoms with van der Waals surface area (Å²) in [4.78, 5) is 0.0434. The van der Waals surface area contributed by atoms with Crippen LogP contribution in [0.3, 0.4) is 0 Å². The minimum absolute atomic E-state index is 0.0434. The molecular formula is C12H18O3S. The topological polar surface area (TPSA) is 54.4 Å². The normalized spacial score (nSPS) is 12.0. The third kappa shape index (κ3) is 3.32. The van der Waals surface area contributed by atoms with Crippen LogP contribution in [-0.2, 0) is 16.5 Å². The Morgan fingerprint density at radius 1 is 1.19 bits per heavy atom. The molecule has 0 spiro atoms. The molecule has 0 fully saturated rings. The second kappa shape index (κ2) is 5.46. The lowest BCUT2D eigenvalue weighted by molar-refractivity contribution is 0.470. The van der Waals surface area contributed by atoms with Crippen molar-refractivity contribution in [3.05, 3.63) is 29.8 Å². The Hall–Kier alpha value is -0.870. The van der Waals surface area contributed by atoms with E-state index >= 15 is 0 Å². The maximum Gasteiger partial charge on any atom is 0.294 e. The van der Waals surface area contributed by atoms with Crippen molar-refractivity contribution in [3.8, 4) is 0 Å². The minimum atomic E-state index is -4.10. The second-order valence-electron chi connectivity index (χ2n) is 3.97. The maximum absolute atomic E-state index is 11.2. The van der Waals surface area contributed by atoms with Gasteiger partial charge in [0.2, 0.25) is 0 Å². The lowest BCUT2D eigenvalue weighted by atomic mass is 9.95. The Kier molecular flexibility index (Phi) is 4.50. The molecular weight excluding hydrogens is 224 g/mol. The monoisotopic (exact) mass is 242 g/mol. The summed E-state index contributed by atoms with van der Waals surface area (Å²) in [5.74, 6) is 0.461. The Morgan fingerprint density at radius 3 is 2.25 bits per heavy atom. The molecule has 1 rings (SSSR count). The van der Waals surface area contributed by atoms with Gasteiger partial charge in [-0.25, -0.2) is 0 Å². The number of hydrogen-bond donors (Lipinski definition) is 1. The third-order valence-electron chi connectivity index (χ3n) is 2.91. The van der Waals surface area contributed by atoms with Gasteiger partial charge in [0.05, 0.1) is 4.90 Å². The molecule has 1 aromatic rings. The Bertz CT molecular complexity index is 433. The predicted octanol–water partition coefficient (Wildman–Crippen LogP) is 2.91. The SMILES string of the molecule is CCC(CC)Cc1ccccc1S(=O)(=O)O. The van der Waals surface area contributed by atoms with Crippen LogP contribution in [0.5, 0.6) is 0 Å². The van der Waals surface area contributed by atoms with E-state index in [1.807, 2.05) is 0 Å². The van der Waals surface area contributed by atoms with E-state index in [2.05, 4.69) is 13.8 Å². The summed E-state index contributed by atoms with van der Waals surface area (Å²) < 4.78 is 31.4. The molecule has 0 atom stereocenters. The van der Waals surface area contributed by atoms with E-state index in [4.69, 9.17) is 4.55 Å². The molecule has 4 heteroatoms. The summed E-state index contributed by atoms with van der Waals surface area (Å²) in [5, 5.41) is 0. The van der Waals surface area contributed by atoms with Crippen LogP contribution in [0.4, 0.5) is 0 Å². The molecule has 0 radical (unpaired) electrons. The van der Waals surface area contributed by atoms with Gasteiger partial charge < -0.3 is 0 Å². The Balaban J connectivity index is 3.05. The molecule has 0 aliphatic carbocycles. The molecule has 1 aromatic carbocycles. The number of benzene rings is 1. The fraction of sp³-hybridized carbons (Fsp3) is 0.500. The van der Waals surface area contributed by atoms with Crippen molar-refractivity contribution >= 4 is 10.1 Å². The molecule has 0 heterocycles. The highest BCUT2D eigenvalue weighted by molar-refractivity contribution is 7.85. The summed E-state index contributed by atoms with van der Waals surface area (Å²) in [6.45, 7) is 4.18. The lowest BCUT2D eigenvalue weighted by Gasteiger charge is -2.14. The molecule has 0 amide bonds. The van der Waals surface area contributed by atoms with Gasteiger partial charge in [-0.3, -0.25) is 4.55 Å². The summed E-state index contributed by atoms with van der Waals surface area (Å²) in [6, 6.07) is 6.64. The largest absolute Gasteiger partial charge is 0.294 e. The van der Waals surface area contributed by atoms with Crippen LogP contribution in [0.15, 0.2) is 29.2 Å². The highest BCUT2D eigenvalue weighted by atomic mass is 32.2. The molecule has 0 bridgehead atoms. The van der Waals surface area contributed by atoms with Crippen LogP contribution in [0.2, 0.25) is 0 Å². The molecule has 0 aromatic heterocycles. The quantitative estimate of drug-likeness (QED) is 0.808. The minimum Gasteiger partial charge on any atom is -0.282 e. The molecule has 3 nitrogen and oxygen atoms in total. The first-order chi connectivity index (χ1) is 7.49. The van der Waals surface area contributed by atoms with Crippen molar-refractivity contribution in [1.82, 2.24) is 0 Å². The van der Waals surface area contributed by atoms with Crippen LogP contribution < -0.4 is 0 Å². The van der Waals surface area contributed by atoms with Crippen molar-refractivity contribution in [2.45, 2.75) is 38.0 Å². The van der Waals surface area contributed by atoms with E-state index in [9.17, 15) is 8.42 Å². The average molecular weight is 242 g/mol. The molecule has 0 aliphatic heterocycles. The van der Waals surface area contributed by atoms with Crippen LogP contribution >= 0.6 is 0 Å². The van der Waals surface area contributed by atoms with E-state index in [1.54, 1.807) is 18.2 Å². The van der Waals surface area contributed by atoms with Gasteiger partial charge in [0, 0.05) is 0 Å². The zero-order valence-corrected chi connectivity index (χ0v) is 10.5. The maximum atomic E-state index is 11.2. The van der Waals surface area contributed by atoms with E-state index in [1.165, 1.54) is 6.07 Å². The van der Waals surface area contributed by atoms with Gasteiger partial charge in [0.1, 0.15) is 0 Å². The summed E-state index contributed by atoms with van der Waals surface area (Å²) >= 11 is 0. The van der Waals surface area contributed by atoms with E-state index in [-0.39, 0.29) is 4.90 Å². The van der Waals surface area contributed by atoms with E-state index in [0.717, 1.165) is 12.8 Å². The van der Waals surface area contributed by atoms with Crippen LogP contribution in [-0.4, -0.2) is 13.0 Å². The number of rotatable bonds is 5. The van der Waals surface area contributed by atoms with E-state index in [0.29, 0.717) is 17.9 Å². The van der Waals surface area contributed by atoms with Gasteiger partial charge in [-0.15, -0.1) is 0 Å². The average Bonchev–Trinajstić information content (AvgIpc) is 2.25. The number of hydrogen-bond acceptors (Lipinski definition) is 2. The van der Waals surface area contributed by atoms with Crippen LogP contribution in [0.25, 0.3) is 0 Å². The Labute approximate surface area is 97.2 Å². The standard InChI is InChI=1S/C12H18O3S/c1-3-10(4-2)9-11-7-5-6-8-12(11)16(13,14)15/h5-8,10H,3-4,9H2,1-2H3,(H,13,14,15). The van der Waals surface area contributed by atoms with Gasteiger partial charge in [-0.2, -0.15) is 8.42 Å². The highest BCUT2D eigenvalue weighted by Gasteiger charge is 2.16. The smallest absolute Gasteiger partial charge is 0.282 e. The van der Waals surface area contributed by atoms with Gasteiger partial charge in [-0.1, -0.05) is 44.9 Å². The fourth-order valence-electron chi connectivity index (χ4n) is 1.81. The van der Waals surface area contributed by atoms with Gasteiger partial charge in [0.25, 0.3) is 10.1 Å². The van der Waals surface area contributed by atoms with Crippen molar-refractivity contribution < 1.29 is 13.0 Å². The van der Waals surface area contributed by atoms with Gasteiger partial charge >= 0.3 is 0 Å². The molecule has 90 valence electrons. The second-order valence-corrected chi connectivity index (χ2v) is 5.36. The summed E-state index contributed by atoms with van der Waals surface area (Å²) in [6.07, 6.45) is 2.72. The molecule has 16 heavy (non-hydrogen) atoms. The van der Waals surface area contributed by atoms with Gasteiger partial charge in [0.15, 0.2) is 0 Å². The molecule has 0 saturated heterocycles. The first-order valence-corrected chi connectivity index (χ1v) is 6.98.